The van der Waals surface area contributed by atoms with Gasteiger partial charge in [-0.15, -0.1) is 0 Å². The van der Waals surface area contributed by atoms with Crippen LogP contribution in [0.3, 0.4) is 0 Å². The SMILES string of the molecule is CC(Cl)=CCSc1nc2ccccc2c(=O)n1-c1cccc(C)c1. The van der Waals surface area contributed by atoms with Crippen molar-refractivity contribution >= 4 is 34.3 Å². The number of para-hydroxylation sites is 1. The fourth-order valence-corrected chi connectivity index (χ4v) is 3.57. The van der Waals surface area contributed by atoms with E-state index in [0.717, 1.165) is 16.3 Å². The third-order valence-electron chi connectivity index (χ3n) is 3.58. The van der Waals surface area contributed by atoms with Crippen LogP contribution in [0, 0.1) is 6.92 Å². The zero-order chi connectivity index (χ0) is 17.1. The van der Waals surface area contributed by atoms with Crippen molar-refractivity contribution in [2.75, 3.05) is 5.75 Å². The highest BCUT2D eigenvalue weighted by molar-refractivity contribution is 7.99. The fourth-order valence-electron chi connectivity index (χ4n) is 2.43. The summed E-state index contributed by atoms with van der Waals surface area (Å²) >= 11 is 7.40. The van der Waals surface area contributed by atoms with Crippen molar-refractivity contribution < 1.29 is 0 Å². The summed E-state index contributed by atoms with van der Waals surface area (Å²) in [7, 11) is 0. The van der Waals surface area contributed by atoms with Gasteiger partial charge in [-0.25, -0.2) is 4.98 Å². The minimum absolute atomic E-state index is 0.0553. The largest absolute Gasteiger partial charge is 0.268 e. The van der Waals surface area contributed by atoms with Crippen molar-refractivity contribution in [2.45, 2.75) is 19.0 Å². The Morgan fingerprint density at radius 2 is 2.04 bits per heavy atom. The van der Waals surface area contributed by atoms with Gasteiger partial charge in [-0.1, -0.05) is 53.7 Å². The van der Waals surface area contributed by atoms with Crippen LogP contribution in [0.2, 0.25) is 0 Å². The first kappa shape index (κ1) is 16.8. The number of rotatable bonds is 4. The maximum Gasteiger partial charge on any atom is 0.266 e. The molecule has 0 fully saturated rings. The molecule has 1 aromatic heterocycles. The highest BCUT2D eigenvalue weighted by Gasteiger charge is 2.12. The van der Waals surface area contributed by atoms with Gasteiger partial charge in [-0.05, 0) is 43.7 Å². The lowest BCUT2D eigenvalue weighted by molar-refractivity contribution is 0.820. The Balaban J connectivity index is 2.21. The molecule has 0 saturated carbocycles. The lowest BCUT2D eigenvalue weighted by Gasteiger charge is -2.13. The zero-order valence-electron chi connectivity index (χ0n) is 13.5. The van der Waals surface area contributed by atoms with E-state index < -0.39 is 0 Å². The third-order valence-corrected chi connectivity index (χ3v) is 4.60. The molecule has 3 aromatic rings. The van der Waals surface area contributed by atoms with Gasteiger partial charge in [0.05, 0.1) is 16.6 Å². The van der Waals surface area contributed by atoms with E-state index in [0.29, 0.717) is 21.8 Å². The Labute approximate surface area is 150 Å². The van der Waals surface area contributed by atoms with E-state index in [1.54, 1.807) is 4.57 Å². The minimum Gasteiger partial charge on any atom is -0.268 e. The number of hydrogen-bond acceptors (Lipinski definition) is 3. The van der Waals surface area contributed by atoms with Crippen LogP contribution in [0.25, 0.3) is 16.6 Å². The van der Waals surface area contributed by atoms with Crippen LogP contribution in [0.4, 0.5) is 0 Å². The van der Waals surface area contributed by atoms with Gasteiger partial charge in [-0.3, -0.25) is 9.36 Å². The Morgan fingerprint density at radius 3 is 2.79 bits per heavy atom. The topological polar surface area (TPSA) is 34.9 Å². The molecule has 0 saturated heterocycles. The molecule has 0 radical (unpaired) electrons. The summed E-state index contributed by atoms with van der Waals surface area (Å²) in [5.74, 6) is 0.659. The molecule has 122 valence electrons. The summed E-state index contributed by atoms with van der Waals surface area (Å²) in [6, 6.07) is 15.3. The van der Waals surface area contributed by atoms with Crippen molar-refractivity contribution in [1.29, 1.82) is 0 Å². The summed E-state index contributed by atoms with van der Waals surface area (Å²) in [4.78, 5) is 17.7. The van der Waals surface area contributed by atoms with E-state index in [2.05, 4.69) is 0 Å². The second-order valence-corrected chi connectivity index (χ2v) is 7.08. The van der Waals surface area contributed by atoms with Crippen LogP contribution in [-0.4, -0.2) is 15.3 Å². The molecule has 24 heavy (non-hydrogen) atoms. The molecule has 2 aromatic carbocycles. The number of aromatic nitrogens is 2. The molecule has 0 aliphatic rings. The molecule has 0 aliphatic heterocycles. The quantitative estimate of drug-likeness (QED) is 0.491. The monoisotopic (exact) mass is 356 g/mol. The molecule has 0 aliphatic carbocycles. The second kappa shape index (κ2) is 7.24. The summed E-state index contributed by atoms with van der Waals surface area (Å²) in [5, 5.41) is 2.01. The molecule has 0 bridgehead atoms. The Hall–Kier alpha value is -2.04. The zero-order valence-corrected chi connectivity index (χ0v) is 15.1. The number of thioether (sulfide) groups is 1. The highest BCUT2D eigenvalue weighted by Crippen LogP contribution is 2.22. The maximum atomic E-state index is 13.0. The van der Waals surface area contributed by atoms with E-state index >= 15 is 0 Å². The fraction of sp³-hybridized carbons (Fsp3) is 0.158. The van der Waals surface area contributed by atoms with Crippen LogP contribution in [-0.2, 0) is 0 Å². The van der Waals surface area contributed by atoms with Crippen LogP contribution in [0.5, 0.6) is 0 Å². The van der Waals surface area contributed by atoms with Gasteiger partial charge in [0.15, 0.2) is 5.16 Å². The predicted octanol–water partition coefficient (Wildman–Crippen LogP) is 4.93. The van der Waals surface area contributed by atoms with Crippen molar-refractivity contribution in [1.82, 2.24) is 9.55 Å². The first-order valence-electron chi connectivity index (χ1n) is 7.60. The minimum atomic E-state index is -0.0553. The number of halogens is 1. The number of fused-ring (bicyclic) bond motifs is 1. The van der Waals surface area contributed by atoms with Crippen LogP contribution in [0.15, 0.2) is 69.6 Å². The van der Waals surface area contributed by atoms with Gasteiger partial charge >= 0.3 is 0 Å². The molecule has 0 amide bonds. The van der Waals surface area contributed by atoms with Crippen molar-refractivity contribution in [3.63, 3.8) is 0 Å². The normalized spacial score (nSPS) is 11.9. The standard InChI is InChI=1S/C19H17ClN2OS/c1-13-6-5-7-15(12-13)22-18(23)16-8-3-4-9-17(16)21-19(22)24-11-10-14(2)20/h3-10,12H,11H2,1-2H3. The first-order valence-corrected chi connectivity index (χ1v) is 8.96. The molecule has 0 spiro atoms. The van der Waals surface area contributed by atoms with Gasteiger partial charge < -0.3 is 0 Å². The first-order chi connectivity index (χ1) is 11.6. The molecule has 3 nitrogen and oxygen atoms in total. The Bertz CT molecular complexity index is 975. The van der Waals surface area contributed by atoms with Gasteiger partial charge in [0.25, 0.3) is 5.56 Å². The molecule has 3 rings (SSSR count). The van der Waals surface area contributed by atoms with E-state index in [1.807, 2.05) is 68.5 Å². The van der Waals surface area contributed by atoms with Gasteiger partial charge in [-0.2, -0.15) is 0 Å². The van der Waals surface area contributed by atoms with E-state index in [-0.39, 0.29) is 5.56 Å². The summed E-state index contributed by atoms with van der Waals surface area (Å²) in [5.41, 5.74) is 2.58. The number of aryl methyl sites for hydroxylation is 1. The number of benzene rings is 2. The number of nitrogens with zero attached hydrogens (tertiary/aromatic N) is 2. The van der Waals surface area contributed by atoms with E-state index in [9.17, 15) is 4.79 Å². The molecular formula is C19H17ClN2OS. The number of allylic oxidation sites excluding steroid dienone is 1. The van der Waals surface area contributed by atoms with E-state index in [4.69, 9.17) is 16.6 Å². The lowest BCUT2D eigenvalue weighted by atomic mass is 10.2. The van der Waals surface area contributed by atoms with Crippen LogP contribution >= 0.6 is 23.4 Å². The van der Waals surface area contributed by atoms with Crippen molar-refractivity contribution in [3.05, 3.63) is 75.6 Å². The highest BCUT2D eigenvalue weighted by atomic mass is 35.5. The lowest BCUT2D eigenvalue weighted by Crippen LogP contribution is -2.21. The van der Waals surface area contributed by atoms with Crippen molar-refractivity contribution in [3.8, 4) is 5.69 Å². The molecule has 5 heteroatoms. The van der Waals surface area contributed by atoms with Gasteiger partial charge in [0.1, 0.15) is 0 Å². The summed E-state index contributed by atoms with van der Waals surface area (Å²) in [6.45, 7) is 3.85. The molecule has 0 unspecified atom stereocenters. The van der Waals surface area contributed by atoms with E-state index in [1.165, 1.54) is 11.8 Å². The molecular weight excluding hydrogens is 340 g/mol. The maximum absolute atomic E-state index is 13.0. The average molecular weight is 357 g/mol. The van der Waals surface area contributed by atoms with Gasteiger partial charge in [0.2, 0.25) is 0 Å². The van der Waals surface area contributed by atoms with Crippen LogP contribution < -0.4 is 5.56 Å². The third kappa shape index (κ3) is 3.55. The molecule has 1 heterocycles. The average Bonchev–Trinajstić information content (AvgIpc) is 2.55. The Kier molecular flexibility index (Phi) is 5.07. The molecule has 0 atom stereocenters. The summed E-state index contributed by atoms with van der Waals surface area (Å²) < 4.78 is 1.68. The van der Waals surface area contributed by atoms with Crippen molar-refractivity contribution in [2.24, 2.45) is 0 Å². The smallest absolute Gasteiger partial charge is 0.266 e. The predicted molar refractivity (Wildman–Crippen MR) is 102 cm³/mol. The number of hydrogen-bond donors (Lipinski definition) is 0. The summed E-state index contributed by atoms with van der Waals surface area (Å²) in [6.07, 6.45) is 1.91. The van der Waals surface area contributed by atoms with Gasteiger partial charge in [0, 0.05) is 10.8 Å². The molecule has 0 N–H and O–H groups in total. The Morgan fingerprint density at radius 1 is 1.25 bits per heavy atom. The van der Waals surface area contributed by atoms with Crippen LogP contribution in [0.1, 0.15) is 12.5 Å². The second-order valence-electron chi connectivity index (χ2n) is 5.49.